The third-order valence-corrected chi connectivity index (χ3v) is 9.46. The van der Waals surface area contributed by atoms with Crippen molar-refractivity contribution in [2.75, 3.05) is 37.7 Å². The number of hydrogen-bond acceptors (Lipinski definition) is 16. The van der Waals surface area contributed by atoms with Crippen LogP contribution in [0.5, 0.6) is 0 Å². The van der Waals surface area contributed by atoms with Gasteiger partial charge in [-0.05, 0) is 73.7 Å². The maximum atomic E-state index is 12.9. The number of tetrazole rings is 1. The van der Waals surface area contributed by atoms with E-state index in [-0.39, 0.29) is 47.3 Å². The molecule has 58 heavy (non-hydrogen) atoms. The fourth-order valence-corrected chi connectivity index (χ4v) is 5.96. The third-order valence-electron chi connectivity index (χ3n) is 9.18. The number of carbonyl (C=O) groups excluding carboxylic acids is 2. The second-order valence-electron chi connectivity index (χ2n) is 13.6. The smallest absolute Gasteiger partial charge is 0.280 e. The van der Waals surface area contributed by atoms with Gasteiger partial charge in [0.05, 0.1) is 18.8 Å². The van der Waals surface area contributed by atoms with Gasteiger partial charge in [0.15, 0.2) is 34.3 Å². The fourth-order valence-electron chi connectivity index (χ4n) is 5.83. The molecule has 2 heterocycles. The van der Waals surface area contributed by atoms with Gasteiger partial charge in [0, 0.05) is 19.5 Å². The first-order valence-corrected chi connectivity index (χ1v) is 19.2. The van der Waals surface area contributed by atoms with Crippen LogP contribution in [0.2, 0.25) is 5.15 Å². The van der Waals surface area contributed by atoms with Crippen LogP contribution >= 0.6 is 11.6 Å². The molecule has 0 aliphatic rings. The molecule has 4 aromatic rings. The number of carbonyl (C=O) groups is 2. The highest BCUT2D eigenvalue weighted by molar-refractivity contribution is 6.31. The number of nitrogens with two attached hydrogens (primary N) is 3. The predicted molar refractivity (Wildman–Crippen MR) is 216 cm³/mol. The summed E-state index contributed by atoms with van der Waals surface area (Å²) in [7, 11) is 0. The summed E-state index contributed by atoms with van der Waals surface area (Å²) in [4.78, 5) is 37.1. The van der Waals surface area contributed by atoms with Crippen LogP contribution in [0, 0.1) is 0 Å². The minimum atomic E-state index is -1.68. The Balaban J connectivity index is 1.14. The van der Waals surface area contributed by atoms with Gasteiger partial charge in [-0.3, -0.25) is 19.9 Å². The summed E-state index contributed by atoms with van der Waals surface area (Å²) < 4.78 is 0. The van der Waals surface area contributed by atoms with Crippen molar-refractivity contribution in [3.63, 3.8) is 0 Å². The number of halogens is 1. The monoisotopic (exact) mass is 825 g/mol. The fraction of sp³-hybridized carbons (Fsp3) is 0.459. The van der Waals surface area contributed by atoms with Gasteiger partial charge in [0.2, 0.25) is 5.91 Å². The topological polar surface area (TPSA) is 342 Å². The lowest BCUT2D eigenvalue weighted by molar-refractivity contribution is -0.121. The van der Waals surface area contributed by atoms with Gasteiger partial charge >= 0.3 is 0 Å². The Kier molecular flexibility index (Phi) is 18.1. The molecule has 0 unspecified atom stereocenters. The van der Waals surface area contributed by atoms with Gasteiger partial charge in [-0.25, -0.2) is 9.97 Å². The molecule has 2 amide bonds. The Morgan fingerprint density at radius 3 is 2.14 bits per heavy atom. The average Bonchev–Trinajstić information content (AvgIpc) is 3.77. The van der Waals surface area contributed by atoms with Crippen LogP contribution < -0.4 is 33.2 Å². The maximum absolute atomic E-state index is 12.9. The molecule has 0 fully saturated rings. The van der Waals surface area contributed by atoms with Crippen molar-refractivity contribution in [3.8, 4) is 11.1 Å². The van der Waals surface area contributed by atoms with E-state index in [0.29, 0.717) is 44.6 Å². The lowest BCUT2D eigenvalue weighted by Crippen LogP contribution is -2.49. The number of guanidine groups is 1. The second kappa shape index (κ2) is 23.2. The van der Waals surface area contributed by atoms with Gasteiger partial charge in [-0.1, -0.05) is 65.3 Å². The first-order valence-electron chi connectivity index (χ1n) is 18.8. The van der Waals surface area contributed by atoms with E-state index in [2.05, 4.69) is 75.8 Å². The van der Waals surface area contributed by atoms with E-state index in [1.165, 1.54) is 5.56 Å². The number of anilines is 2. The lowest BCUT2D eigenvalue weighted by atomic mass is 9.99. The minimum Gasteiger partial charge on any atom is -0.394 e. The number of hydrogen-bond donors (Lipinski definition) is 12. The highest BCUT2D eigenvalue weighted by atomic mass is 35.5. The van der Waals surface area contributed by atoms with Crippen LogP contribution in [-0.2, 0) is 17.6 Å². The van der Waals surface area contributed by atoms with E-state index in [9.17, 15) is 30.0 Å². The van der Waals surface area contributed by atoms with E-state index in [0.717, 1.165) is 36.0 Å². The zero-order valence-corrected chi connectivity index (χ0v) is 32.6. The van der Waals surface area contributed by atoms with Crippen molar-refractivity contribution < 1.29 is 35.1 Å². The molecule has 21 heteroatoms. The van der Waals surface area contributed by atoms with Crippen LogP contribution in [0.15, 0.2) is 53.5 Å². The number of amides is 2. The summed E-state index contributed by atoms with van der Waals surface area (Å²) in [5, 5.41) is 70.5. The molecule has 0 bridgehead atoms. The molecule has 20 nitrogen and oxygen atoms in total. The van der Waals surface area contributed by atoms with E-state index in [1.54, 1.807) is 0 Å². The van der Waals surface area contributed by atoms with Crippen LogP contribution in [0.4, 0.5) is 11.6 Å². The largest absolute Gasteiger partial charge is 0.394 e. The number of unbranched alkanes of at least 4 members (excludes halogenated alkanes) is 2. The first-order chi connectivity index (χ1) is 27.9. The van der Waals surface area contributed by atoms with Crippen molar-refractivity contribution in [3.05, 3.63) is 76.3 Å². The number of nitrogens with zero attached hydrogens (tertiary/aromatic N) is 6. The number of benzene rings is 2. The number of H-pyrrole nitrogens is 1. The molecule has 5 atom stereocenters. The van der Waals surface area contributed by atoms with E-state index >= 15 is 0 Å². The predicted octanol–water partition coefficient (Wildman–Crippen LogP) is -0.472. The summed E-state index contributed by atoms with van der Waals surface area (Å²) in [6.07, 6.45) is -1.09. The lowest BCUT2D eigenvalue weighted by Gasteiger charge is -2.25. The highest BCUT2D eigenvalue weighted by Gasteiger charge is 2.29. The molecule has 314 valence electrons. The van der Waals surface area contributed by atoms with E-state index in [4.69, 9.17) is 33.9 Å². The number of aryl methyl sites for hydroxylation is 2. The standard InChI is InChI=1S/C37H52ClN13O7/c38-32-34(40)46-33(39)29(45-32)36(58)47-37(41)43-18-4-1-5-21-7-12-23(13-8-21)24-14-9-22(10-15-24)11-16-28(55)44-25(35-48-50-51-49-35)6-2-3-17-42-19-26(53)30(56)31(57)27(54)20-52/h7-10,12-15,25-27,30-31,42,52-54,56-57H,1-6,11,16-20H2,(H,44,55)(H4,39,40,46)(H3,41,43,47,58)(H,48,49,50,51)/t25-,26+,27-,30-,31-/m1/s1. The van der Waals surface area contributed by atoms with Crippen LogP contribution in [-0.4, -0.2) is 125 Å². The van der Waals surface area contributed by atoms with Gasteiger partial charge in [0.1, 0.15) is 18.3 Å². The average molecular weight is 826 g/mol. The number of rotatable bonds is 23. The number of nitrogens with one attached hydrogen (secondary N) is 4. The SMILES string of the molecule is NC(=NCCCCc1ccc(-c2ccc(CCC(=O)N[C@H](CCCCNC[C@H](O)[C@@H](O)[C@H](O)[C@H](O)CO)c3nn[nH]n3)cc2)cc1)NC(=O)c1nc(Cl)c(N)nc1N. The summed E-state index contributed by atoms with van der Waals surface area (Å²) >= 11 is 5.83. The summed E-state index contributed by atoms with van der Waals surface area (Å²) in [5.74, 6) is -0.796. The van der Waals surface area contributed by atoms with Crippen molar-refractivity contribution >= 4 is 41.0 Å². The summed E-state index contributed by atoms with van der Waals surface area (Å²) in [5.41, 5.74) is 21.2. The quantitative estimate of drug-likeness (QED) is 0.0255. The molecule has 2 aromatic heterocycles. The Morgan fingerprint density at radius 2 is 1.50 bits per heavy atom. The molecule has 4 rings (SSSR count). The van der Waals surface area contributed by atoms with Crippen molar-refractivity contribution in [2.24, 2.45) is 10.7 Å². The van der Waals surface area contributed by atoms with Crippen molar-refractivity contribution in [1.82, 2.24) is 46.5 Å². The molecule has 0 spiro atoms. The molecule has 0 radical (unpaired) electrons. The van der Waals surface area contributed by atoms with Crippen LogP contribution in [0.25, 0.3) is 11.1 Å². The number of nitrogen functional groups attached to an aromatic ring is 2. The zero-order valence-electron chi connectivity index (χ0n) is 31.8. The number of aliphatic hydroxyl groups excluding tert-OH is 5. The van der Waals surface area contributed by atoms with Crippen molar-refractivity contribution in [1.29, 1.82) is 0 Å². The van der Waals surface area contributed by atoms with Gasteiger partial charge in [-0.2, -0.15) is 5.21 Å². The number of aliphatic hydroxyl groups is 5. The van der Waals surface area contributed by atoms with Gasteiger partial charge in [0.25, 0.3) is 5.91 Å². The van der Waals surface area contributed by atoms with Crippen LogP contribution in [0.1, 0.15) is 72.0 Å². The Bertz CT molecular complexity index is 1900. The van der Waals surface area contributed by atoms with Gasteiger partial charge in [-0.15, -0.1) is 10.2 Å². The second-order valence-corrected chi connectivity index (χ2v) is 14.0. The molecule has 2 aromatic carbocycles. The normalized spacial score (nSPS) is 14.3. The molecule has 0 aliphatic carbocycles. The first kappa shape index (κ1) is 45.4. The number of aromatic nitrogens is 6. The van der Waals surface area contributed by atoms with Crippen molar-refractivity contribution in [2.45, 2.75) is 81.8 Å². The Hall–Kier alpha value is -5.35. The Morgan fingerprint density at radius 1 is 0.845 bits per heavy atom. The molecule has 15 N–H and O–H groups in total. The third kappa shape index (κ3) is 14.2. The highest BCUT2D eigenvalue weighted by Crippen LogP contribution is 2.22. The minimum absolute atomic E-state index is 0.0328. The molecular weight excluding hydrogens is 774 g/mol. The van der Waals surface area contributed by atoms with E-state index < -0.39 is 43.0 Å². The molecule has 0 aliphatic heterocycles. The number of aromatic amines is 1. The molecule has 0 saturated heterocycles. The van der Waals surface area contributed by atoms with Crippen LogP contribution in [0.3, 0.4) is 0 Å². The molecular formula is C37H52ClN13O7. The van der Waals surface area contributed by atoms with E-state index in [1.807, 2.05) is 24.3 Å². The summed E-state index contributed by atoms with van der Waals surface area (Å²) in [6, 6.07) is 15.9. The summed E-state index contributed by atoms with van der Waals surface area (Å²) in [6.45, 7) is 0.115. The molecule has 0 saturated carbocycles. The van der Waals surface area contributed by atoms with Gasteiger partial charge < -0.3 is 53.4 Å². The Labute approximate surface area is 339 Å². The number of aliphatic imine (C=N–C) groups is 1. The zero-order chi connectivity index (χ0) is 42.0. The maximum Gasteiger partial charge on any atom is 0.280 e.